The van der Waals surface area contributed by atoms with Gasteiger partial charge in [0.25, 0.3) is 0 Å². The van der Waals surface area contributed by atoms with E-state index >= 15 is 0 Å². The Morgan fingerprint density at radius 1 is 1.10 bits per heavy atom. The quantitative estimate of drug-likeness (QED) is 0.670. The third kappa shape index (κ3) is 6.79. The summed E-state index contributed by atoms with van der Waals surface area (Å²) in [7, 11) is 1.60. The van der Waals surface area contributed by atoms with Crippen molar-refractivity contribution in [1.29, 1.82) is 0 Å². The normalized spacial score (nSPS) is 11.8. The van der Waals surface area contributed by atoms with Gasteiger partial charge in [0.15, 0.2) is 0 Å². The third-order valence-electron chi connectivity index (χ3n) is 4.64. The molecule has 0 saturated heterocycles. The number of hydrogen-bond donors (Lipinski definition) is 1. The van der Waals surface area contributed by atoms with Gasteiger partial charge in [-0.05, 0) is 42.2 Å². The highest BCUT2D eigenvalue weighted by Gasteiger charge is 2.26. The summed E-state index contributed by atoms with van der Waals surface area (Å²) in [4.78, 5) is 27.4. The molecule has 0 radical (unpaired) electrons. The lowest BCUT2D eigenvalue weighted by atomic mass is 10.1. The second kappa shape index (κ2) is 10.9. The number of nitrogens with one attached hydrogen (secondary N) is 1. The Hall–Kier alpha value is -2.53. The van der Waals surface area contributed by atoms with E-state index in [1.54, 1.807) is 25.0 Å². The lowest BCUT2D eigenvalue weighted by Gasteiger charge is -2.29. The first kappa shape index (κ1) is 22.8. The minimum atomic E-state index is -0.616. The van der Waals surface area contributed by atoms with E-state index in [9.17, 15) is 9.59 Å². The van der Waals surface area contributed by atoms with Crippen molar-refractivity contribution >= 4 is 23.4 Å². The van der Waals surface area contributed by atoms with E-state index in [0.717, 1.165) is 11.1 Å². The van der Waals surface area contributed by atoms with Crippen LogP contribution < -0.4 is 10.1 Å². The topological polar surface area (TPSA) is 58.6 Å². The molecule has 0 spiro atoms. The van der Waals surface area contributed by atoms with Crippen molar-refractivity contribution in [2.75, 3.05) is 13.7 Å². The van der Waals surface area contributed by atoms with E-state index in [0.29, 0.717) is 29.8 Å². The predicted octanol–water partition coefficient (Wildman–Crippen LogP) is 4.08. The SMILES string of the molecule is COc1cccc(CN(C(=O)Cc2ccccc2Cl)[C@H](C)C(=O)NCC(C)C)c1. The number of ether oxygens (including phenoxy) is 1. The van der Waals surface area contributed by atoms with Crippen LogP contribution in [-0.4, -0.2) is 36.4 Å². The number of amides is 2. The Balaban J connectivity index is 2.24. The van der Waals surface area contributed by atoms with Crippen LogP contribution >= 0.6 is 11.6 Å². The molecule has 6 heteroatoms. The van der Waals surface area contributed by atoms with Gasteiger partial charge in [0.2, 0.25) is 11.8 Å². The Morgan fingerprint density at radius 3 is 2.48 bits per heavy atom. The number of carbonyl (C=O) groups excluding carboxylic acids is 2. The molecule has 0 bridgehead atoms. The first-order valence-corrected chi connectivity index (χ1v) is 10.1. The lowest BCUT2D eigenvalue weighted by molar-refractivity contribution is -0.140. The summed E-state index contributed by atoms with van der Waals surface area (Å²) < 4.78 is 5.28. The maximum absolute atomic E-state index is 13.2. The van der Waals surface area contributed by atoms with Crippen molar-refractivity contribution < 1.29 is 14.3 Å². The van der Waals surface area contributed by atoms with Crippen LogP contribution in [0, 0.1) is 5.92 Å². The van der Waals surface area contributed by atoms with Crippen LogP contribution in [0.1, 0.15) is 31.9 Å². The Labute approximate surface area is 178 Å². The highest BCUT2D eigenvalue weighted by molar-refractivity contribution is 6.31. The molecule has 0 aromatic heterocycles. The number of benzene rings is 2. The third-order valence-corrected chi connectivity index (χ3v) is 5.01. The van der Waals surface area contributed by atoms with Gasteiger partial charge in [0.05, 0.1) is 13.5 Å². The van der Waals surface area contributed by atoms with Crippen molar-refractivity contribution in [2.24, 2.45) is 5.92 Å². The summed E-state index contributed by atoms with van der Waals surface area (Å²) in [6.07, 6.45) is 0.130. The van der Waals surface area contributed by atoms with Crippen LogP contribution in [0.15, 0.2) is 48.5 Å². The Kier molecular flexibility index (Phi) is 8.52. The zero-order valence-corrected chi connectivity index (χ0v) is 18.2. The smallest absolute Gasteiger partial charge is 0.242 e. The fraction of sp³-hybridized carbons (Fsp3) is 0.391. The second-order valence-electron chi connectivity index (χ2n) is 7.46. The molecule has 0 heterocycles. The van der Waals surface area contributed by atoms with Gasteiger partial charge in [-0.15, -0.1) is 0 Å². The highest BCUT2D eigenvalue weighted by atomic mass is 35.5. The van der Waals surface area contributed by atoms with Gasteiger partial charge in [-0.3, -0.25) is 9.59 Å². The molecule has 2 amide bonds. The van der Waals surface area contributed by atoms with Crippen LogP contribution in [0.3, 0.4) is 0 Å². The number of carbonyl (C=O) groups is 2. The van der Waals surface area contributed by atoms with Gasteiger partial charge in [-0.1, -0.05) is 55.8 Å². The molecule has 0 aliphatic heterocycles. The minimum Gasteiger partial charge on any atom is -0.497 e. The van der Waals surface area contributed by atoms with Gasteiger partial charge in [-0.2, -0.15) is 0 Å². The molecule has 0 fully saturated rings. The lowest BCUT2D eigenvalue weighted by Crippen LogP contribution is -2.48. The summed E-state index contributed by atoms with van der Waals surface area (Å²) in [6, 6.07) is 14.1. The molecule has 2 rings (SSSR count). The molecule has 5 nitrogen and oxygen atoms in total. The van der Waals surface area contributed by atoms with E-state index in [2.05, 4.69) is 5.32 Å². The molecule has 1 N–H and O–H groups in total. The molecule has 1 atom stereocenters. The fourth-order valence-electron chi connectivity index (χ4n) is 2.91. The molecule has 0 unspecified atom stereocenters. The molecule has 29 heavy (non-hydrogen) atoms. The number of nitrogens with zero attached hydrogens (tertiary/aromatic N) is 1. The van der Waals surface area contributed by atoms with Gasteiger partial charge in [-0.25, -0.2) is 0 Å². The van der Waals surface area contributed by atoms with Crippen molar-refractivity contribution in [3.63, 3.8) is 0 Å². The zero-order chi connectivity index (χ0) is 21.4. The van der Waals surface area contributed by atoms with Crippen LogP contribution in [0.2, 0.25) is 5.02 Å². The monoisotopic (exact) mass is 416 g/mol. The summed E-state index contributed by atoms with van der Waals surface area (Å²) in [6.45, 7) is 6.68. The van der Waals surface area contributed by atoms with Crippen molar-refractivity contribution in [2.45, 2.75) is 39.8 Å². The van der Waals surface area contributed by atoms with E-state index in [1.165, 1.54) is 0 Å². The number of halogens is 1. The maximum atomic E-state index is 13.2. The van der Waals surface area contributed by atoms with Crippen molar-refractivity contribution in [3.8, 4) is 5.75 Å². The van der Waals surface area contributed by atoms with Crippen LogP contribution in [0.25, 0.3) is 0 Å². The number of hydrogen-bond acceptors (Lipinski definition) is 3. The van der Waals surface area contributed by atoms with E-state index in [1.807, 2.05) is 56.3 Å². The second-order valence-corrected chi connectivity index (χ2v) is 7.86. The molecule has 2 aromatic rings. The zero-order valence-electron chi connectivity index (χ0n) is 17.4. The summed E-state index contributed by atoms with van der Waals surface area (Å²) >= 11 is 6.23. The van der Waals surface area contributed by atoms with Gasteiger partial charge >= 0.3 is 0 Å². The molecular weight excluding hydrogens is 388 g/mol. The van der Waals surface area contributed by atoms with Crippen LogP contribution in [0.4, 0.5) is 0 Å². The Morgan fingerprint density at radius 2 is 1.83 bits per heavy atom. The van der Waals surface area contributed by atoms with Gasteiger partial charge in [0, 0.05) is 18.1 Å². The first-order valence-electron chi connectivity index (χ1n) is 9.75. The van der Waals surface area contributed by atoms with Crippen LogP contribution in [0.5, 0.6) is 5.75 Å². The molecule has 2 aromatic carbocycles. The number of methoxy groups -OCH3 is 1. The highest BCUT2D eigenvalue weighted by Crippen LogP contribution is 2.20. The molecular formula is C23H29ClN2O3. The van der Waals surface area contributed by atoms with E-state index < -0.39 is 6.04 Å². The summed E-state index contributed by atoms with van der Waals surface area (Å²) in [5.41, 5.74) is 1.63. The Bertz CT molecular complexity index is 838. The van der Waals surface area contributed by atoms with Gasteiger partial charge in [0.1, 0.15) is 11.8 Å². The average Bonchev–Trinajstić information content (AvgIpc) is 2.71. The molecule has 0 aliphatic carbocycles. The summed E-state index contributed by atoms with van der Waals surface area (Å²) in [5.74, 6) is 0.706. The average molecular weight is 417 g/mol. The van der Waals surface area contributed by atoms with Crippen LogP contribution in [-0.2, 0) is 22.6 Å². The first-order chi connectivity index (χ1) is 13.8. The fourth-order valence-corrected chi connectivity index (χ4v) is 3.11. The minimum absolute atomic E-state index is 0.130. The van der Waals surface area contributed by atoms with Gasteiger partial charge < -0.3 is 15.0 Å². The molecule has 0 aliphatic rings. The maximum Gasteiger partial charge on any atom is 0.242 e. The molecule has 156 valence electrons. The predicted molar refractivity (Wildman–Crippen MR) is 116 cm³/mol. The number of rotatable bonds is 9. The molecule has 0 saturated carbocycles. The summed E-state index contributed by atoms with van der Waals surface area (Å²) in [5, 5.41) is 3.46. The standard InChI is InChI=1S/C23H29ClN2O3/c1-16(2)14-25-23(28)17(3)26(15-18-8-7-10-20(12-18)29-4)22(27)13-19-9-5-6-11-21(19)24/h5-12,16-17H,13-15H2,1-4H3,(H,25,28)/t17-/m1/s1. The van der Waals surface area contributed by atoms with E-state index in [4.69, 9.17) is 16.3 Å². The largest absolute Gasteiger partial charge is 0.497 e. The van der Waals surface area contributed by atoms with Crippen molar-refractivity contribution in [3.05, 3.63) is 64.7 Å². The van der Waals surface area contributed by atoms with E-state index in [-0.39, 0.29) is 18.2 Å². The van der Waals surface area contributed by atoms with Crippen molar-refractivity contribution in [1.82, 2.24) is 10.2 Å².